The van der Waals surface area contributed by atoms with E-state index in [0.29, 0.717) is 5.56 Å². The van der Waals surface area contributed by atoms with Crippen LogP contribution in [-0.4, -0.2) is 29.3 Å². The summed E-state index contributed by atoms with van der Waals surface area (Å²) in [7, 11) is 0. The normalized spacial score (nSPS) is 17.7. The number of nitrogens with zero attached hydrogens (tertiary/aromatic N) is 1. The van der Waals surface area contributed by atoms with Crippen LogP contribution >= 0.6 is 0 Å². The number of nitrogens with one attached hydrogen (secondary N) is 1. The van der Waals surface area contributed by atoms with Crippen LogP contribution in [0.1, 0.15) is 64.3 Å². The molecule has 0 bridgehead atoms. The fraction of sp³-hybridized carbons (Fsp3) is 0.344. The zero-order valence-corrected chi connectivity index (χ0v) is 23.7. The summed E-state index contributed by atoms with van der Waals surface area (Å²) in [5, 5.41) is 2.91. The molecule has 8 heteroatoms. The summed E-state index contributed by atoms with van der Waals surface area (Å²) in [5.41, 5.74) is -1.54. The van der Waals surface area contributed by atoms with Crippen LogP contribution in [0.15, 0.2) is 78.9 Å². The molecule has 1 N–H and O–H groups in total. The molecule has 1 aliphatic rings. The number of hydrogen-bond acceptors (Lipinski definition) is 5. The van der Waals surface area contributed by atoms with Gasteiger partial charge in [0.15, 0.2) is 0 Å². The minimum atomic E-state index is -1.63. The maximum absolute atomic E-state index is 15.0. The Hall–Kier alpha value is -4.20. The predicted molar refractivity (Wildman–Crippen MR) is 150 cm³/mol. The van der Waals surface area contributed by atoms with Crippen molar-refractivity contribution in [3.63, 3.8) is 0 Å². The monoisotopic (exact) mass is 546 g/mol. The topological polar surface area (TPSA) is 84.9 Å². The first kappa shape index (κ1) is 28.8. The summed E-state index contributed by atoms with van der Waals surface area (Å²) in [6, 6.07) is 21.0. The van der Waals surface area contributed by atoms with Crippen LogP contribution in [0.3, 0.4) is 0 Å². The largest absolute Gasteiger partial charge is 0.444 e. The van der Waals surface area contributed by atoms with E-state index in [4.69, 9.17) is 9.47 Å². The van der Waals surface area contributed by atoms with Gasteiger partial charge in [-0.05, 0) is 82.9 Å². The van der Waals surface area contributed by atoms with Crippen molar-refractivity contribution in [2.75, 3.05) is 4.90 Å². The summed E-state index contributed by atoms with van der Waals surface area (Å²) in [6.07, 6.45) is -1.59. The molecule has 0 saturated carbocycles. The number of carbonyl (C=O) groups excluding carboxylic acids is 3. The van der Waals surface area contributed by atoms with Crippen molar-refractivity contribution in [2.45, 2.75) is 70.6 Å². The van der Waals surface area contributed by atoms with Gasteiger partial charge in [0.1, 0.15) is 22.4 Å². The molecular formula is C32H35FN2O5. The molecule has 0 aromatic heterocycles. The van der Waals surface area contributed by atoms with Gasteiger partial charge in [-0.2, -0.15) is 0 Å². The first-order valence-electron chi connectivity index (χ1n) is 13.2. The molecule has 1 heterocycles. The van der Waals surface area contributed by atoms with Gasteiger partial charge in [0.2, 0.25) is 5.91 Å². The molecule has 3 amide bonds. The zero-order valence-electron chi connectivity index (χ0n) is 23.7. The van der Waals surface area contributed by atoms with Gasteiger partial charge < -0.3 is 14.8 Å². The highest BCUT2D eigenvalue weighted by molar-refractivity contribution is 6.21. The Morgan fingerprint density at radius 3 is 2.02 bits per heavy atom. The fourth-order valence-electron chi connectivity index (χ4n) is 5.01. The summed E-state index contributed by atoms with van der Waals surface area (Å²) in [4.78, 5) is 42.4. The molecule has 1 aliphatic heterocycles. The van der Waals surface area contributed by atoms with Crippen molar-refractivity contribution in [1.29, 1.82) is 0 Å². The number of imide groups is 1. The van der Waals surface area contributed by atoms with Gasteiger partial charge in [-0.15, -0.1) is 0 Å². The van der Waals surface area contributed by atoms with E-state index in [1.807, 2.05) is 36.4 Å². The lowest BCUT2D eigenvalue weighted by atomic mass is 9.68. The Bertz CT molecular complexity index is 1400. The van der Waals surface area contributed by atoms with Gasteiger partial charge in [-0.3, -0.25) is 4.79 Å². The van der Waals surface area contributed by atoms with Crippen LogP contribution in [0.25, 0.3) is 0 Å². The molecule has 2 atom stereocenters. The van der Waals surface area contributed by atoms with Gasteiger partial charge in [0.25, 0.3) is 0 Å². The second kappa shape index (κ2) is 10.8. The second-order valence-electron chi connectivity index (χ2n) is 11.9. The zero-order chi connectivity index (χ0) is 29.3. The van der Waals surface area contributed by atoms with Crippen LogP contribution in [0, 0.1) is 5.82 Å². The van der Waals surface area contributed by atoms with Crippen LogP contribution < -0.4 is 10.2 Å². The number of alkyl carbamates (subject to hydrolysis) is 1. The Morgan fingerprint density at radius 2 is 1.45 bits per heavy atom. The Morgan fingerprint density at radius 1 is 0.875 bits per heavy atom. The van der Waals surface area contributed by atoms with Gasteiger partial charge >= 0.3 is 12.2 Å². The van der Waals surface area contributed by atoms with E-state index in [1.165, 1.54) is 18.2 Å². The Balaban J connectivity index is 1.99. The first-order valence-corrected chi connectivity index (χ1v) is 13.2. The van der Waals surface area contributed by atoms with Crippen LogP contribution in [0.5, 0.6) is 0 Å². The molecule has 40 heavy (non-hydrogen) atoms. The standard InChI is InChI=1S/C32H35FN2O5/c1-30(2,3)39-28(37)34-26(22-15-11-8-12-16-22)32(20-21-13-9-7-10-14-21)24-19-23(33)17-18-25(24)35(27(32)36)29(38)40-31(4,5)6/h7-19,26H,20H2,1-6H3,(H,34,37)/t26-,32+/m1/s1. The number of halogens is 1. The number of fused-ring (bicyclic) bond motifs is 1. The van der Waals surface area contributed by atoms with Crippen LogP contribution in [0.4, 0.5) is 19.7 Å². The quantitative estimate of drug-likeness (QED) is 0.378. The Labute approximate surface area is 234 Å². The van der Waals surface area contributed by atoms with E-state index in [1.54, 1.807) is 65.8 Å². The molecule has 3 aromatic rings. The first-order chi connectivity index (χ1) is 18.7. The van der Waals surface area contributed by atoms with Crippen molar-refractivity contribution >= 4 is 23.8 Å². The van der Waals surface area contributed by atoms with E-state index in [9.17, 15) is 18.8 Å². The molecular weight excluding hydrogens is 511 g/mol. The number of anilines is 1. The van der Waals surface area contributed by atoms with E-state index in [2.05, 4.69) is 5.32 Å². The maximum Gasteiger partial charge on any atom is 0.421 e. The third kappa shape index (κ3) is 6.01. The molecule has 0 saturated heterocycles. The van der Waals surface area contributed by atoms with E-state index >= 15 is 0 Å². The SMILES string of the molecule is CC(C)(C)OC(=O)N[C@H](c1ccccc1)[C@@]1(Cc2ccccc2)C(=O)N(C(=O)OC(C)(C)C)c2ccc(F)cc21. The third-order valence-corrected chi connectivity index (χ3v) is 6.45. The van der Waals surface area contributed by atoms with Crippen molar-refractivity contribution < 1.29 is 28.2 Å². The molecule has 7 nitrogen and oxygen atoms in total. The molecule has 0 fully saturated rings. The van der Waals surface area contributed by atoms with Crippen molar-refractivity contribution in [3.05, 3.63) is 101 Å². The molecule has 210 valence electrons. The second-order valence-corrected chi connectivity index (χ2v) is 11.9. The number of rotatable bonds is 5. The Kier molecular flexibility index (Phi) is 7.74. The predicted octanol–water partition coefficient (Wildman–Crippen LogP) is 6.85. The lowest BCUT2D eigenvalue weighted by molar-refractivity contribution is -0.124. The fourth-order valence-corrected chi connectivity index (χ4v) is 5.01. The molecule has 0 unspecified atom stereocenters. The minimum absolute atomic E-state index is 0.0534. The average molecular weight is 547 g/mol. The summed E-state index contributed by atoms with van der Waals surface area (Å²) >= 11 is 0. The molecule has 0 radical (unpaired) electrons. The molecule has 0 spiro atoms. The highest BCUT2D eigenvalue weighted by atomic mass is 19.1. The van der Waals surface area contributed by atoms with E-state index in [-0.39, 0.29) is 17.7 Å². The van der Waals surface area contributed by atoms with Crippen LogP contribution in [0.2, 0.25) is 0 Å². The summed E-state index contributed by atoms with van der Waals surface area (Å²) < 4.78 is 26.2. The number of amides is 3. The summed E-state index contributed by atoms with van der Waals surface area (Å²) in [5.74, 6) is -1.23. The van der Waals surface area contributed by atoms with E-state index < -0.39 is 46.6 Å². The minimum Gasteiger partial charge on any atom is -0.444 e. The van der Waals surface area contributed by atoms with Gasteiger partial charge in [0, 0.05) is 0 Å². The number of benzene rings is 3. The third-order valence-electron chi connectivity index (χ3n) is 6.45. The maximum atomic E-state index is 15.0. The molecule has 4 rings (SSSR count). The van der Waals surface area contributed by atoms with Crippen molar-refractivity contribution in [2.24, 2.45) is 0 Å². The van der Waals surface area contributed by atoms with Crippen molar-refractivity contribution in [3.8, 4) is 0 Å². The molecule has 3 aromatic carbocycles. The number of carbonyl (C=O) groups is 3. The van der Waals surface area contributed by atoms with Crippen molar-refractivity contribution in [1.82, 2.24) is 5.32 Å². The lowest BCUT2D eigenvalue weighted by Gasteiger charge is -2.38. The van der Waals surface area contributed by atoms with Gasteiger partial charge in [0.05, 0.1) is 11.7 Å². The average Bonchev–Trinajstić information content (AvgIpc) is 3.09. The van der Waals surface area contributed by atoms with Gasteiger partial charge in [-0.1, -0.05) is 60.7 Å². The highest BCUT2D eigenvalue weighted by Gasteiger charge is 2.59. The number of ether oxygens (including phenoxy) is 2. The number of hydrogen-bond donors (Lipinski definition) is 1. The van der Waals surface area contributed by atoms with Gasteiger partial charge in [-0.25, -0.2) is 18.9 Å². The highest BCUT2D eigenvalue weighted by Crippen LogP contribution is 2.51. The molecule has 0 aliphatic carbocycles. The summed E-state index contributed by atoms with van der Waals surface area (Å²) in [6.45, 7) is 10.3. The van der Waals surface area contributed by atoms with Crippen LogP contribution in [-0.2, 0) is 26.1 Å². The smallest absolute Gasteiger partial charge is 0.421 e. The lowest BCUT2D eigenvalue weighted by Crippen LogP contribution is -2.54. The van der Waals surface area contributed by atoms with E-state index in [0.717, 1.165) is 10.5 Å².